The van der Waals surface area contributed by atoms with Crippen LogP contribution in [0.2, 0.25) is 0 Å². The fourth-order valence-electron chi connectivity index (χ4n) is 2.62. The van der Waals surface area contributed by atoms with Crippen LogP contribution < -0.4 is 0 Å². The second kappa shape index (κ2) is 6.71. The van der Waals surface area contributed by atoms with Gasteiger partial charge in [-0.05, 0) is 5.56 Å². The maximum Gasteiger partial charge on any atom is 0.410 e. The zero-order chi connectivity index (χ0) is 17.1. The van der Waals surface area contributed by atoms with E-state index in [4.69, 9.17) is 4.74 Å². The van der Waals surface area contributed by atoms with E-state index in [9.17, 15) is 4.79 Å². The van der Waals surface area contributed by atoms with Crippen molar-refractivity contribution < 1.29 is 9.53 Å². The van der Waals surface area contributed by atoms with Gasteiger partial charge in [-0.1, -0.05) is 35.5 Å². The summed E-state index contributed by atoms with van der Waals surface area (Å²) < 4.78 is 7.09. The maximum atomic E-state index is 12.0. The van der Waals surface area contributed by atoms with E-state index in [1.165, 1.54) is 0 Å². The van der Waals surface area contributed by atoms with Gasteiger partial charge in [0.05, 0.1) is 24.6 Å². The van der Waals surface area contributed by atoms with Crippen molar-refractivity contribution in [1.82, 2.24) is 34.9 Å². The molecule has 1 amide bonds. The number of carbonyl (C=O) groups excluding carboxylic acids is 1. The highest BCUT2D eigenvalue weighted by atomic mass is 16.6. The molecule has 0 N–H and O–H groups in total. The molecule has 1 saturated heterocycles. The van der Waals surface area contributed by atoms with Gasteiger partial charge in [0.2, 0.25) is 0 Å². The number of hydrogen-bond donors (Lipinski definition) is 0. The van der Waals surface area contributed by atoms with Crippen molar-refractivity contribution in [1.29, 1.82) is 0 Å². The zero-order valence-electron chi connectivity index (χ0n) is 13.5. The van der Waals surface area contributed by atoms with E-state index in [-0.39, 0.29) is 18.7 Å². The summed E-state index contributed by atoms with van der Waals surface area (Å²) in [5.41, 5.74) is 1.75. The summed E-state index contributed by atoms with van der Waals surface area (Å²) in [6.45, 7) is 1.89. The molecule has 1 fully saturated rings. The number of likely N-dealkylation sites (tertiary alicyclic amines) is 1. The predicted octanol–water partition coefficient (Wildman–Crippen LogP) is 1.11. The summed E-state index contributed by atoms with van der Waals surface area (Å²) in [5, 5.41) is 16.3. The molecule has 9 heteroatoms. The first-order valence-corrected chi connectivity index (χ1v) is 7.98. The van der Waals surface area contributed by atoms with E-state index in [0.717, 1.165) is 11.3 Å². The second-order valence-electron chi connectivity index (χ2n) is 5.85. The first-order chi connectivity index (χ1) is 12.3. The Hall–Kier alpha value is -3.23. The zero-order valence-corrected chi connectivity index (χ0v) is 13.5. The number of ether oxygens (including phenoxy) is 1. The average Bonchev–Trinajstić information content (AvgIpc) is 3.25. The topological polar surface area (TPSA) is 91.0 Å². The van der Waals surface area contributed by atoms with Gasteiger partial charge in [0.25, 0.3) is 0 Å². The Morgan fingerprint density at radius 1 is 1.16 bits per heavy atom. The minimum absolute atomic E-state index is 0.121. The van der Waals surface area contributed by atoms with Crippen LogP contribution in [0.4, 0.5) is 4.79 Å². The van der Waals surface area contributed by atoms with Gasteiger partial charge in [-0.15, -0.1) is 5.10 Å². The highest BCUT2D eigenvalue weighted by molar-refractivity contribution is 5.68. The van der Waals surface area contributed by atoms with Crippen LogP contribution in [0.5, 0.6) is 0 Å². The number of amides is 1. The van der Waals surface area contributed by atoms with Crippen molar-refractivity contribution in [2.24, 2.45) is 0 Å². The molecule has 25 heavy (non-hydrogen) atoms. The van der Waals surface area contributed by atoms with E-state index >= 15 is 0 Å². The summed E-state index contributed by atoms with van der Waals surface area (Å²) in [5.74, 6) is 0. The van der Waals surface area contributed by atoms with Gasteiger partial charge in [-0.25, -0.2) is 9.48 Å². The number of hydrogen-bond acceptors (Lipinski definition) is 6. The Bertz CT molecular complexity index is 825. The summed E-state index contributed by atoms with van der Waals surface area (Å²) in [6, 6.07) is 9.75. The van der Waals surface area contributed by atoms with Crippen molar-refractivity contribution in [2.45, 2.75) is 19.2 Å². The minimum Gasteiger partial charge on any atom is -0.445 e. The Labute approximate surface area is 143 Å². The predicted molar refractivity (Wildman–Crippen MR) is 86.4 cm³/mol. The Balaban J connectivity index is 1.26. The lowest BCUT2D eigenvalue weighted by Crippen LogP contribution is -2.51. The van der Waals surface area contributed by atoms with Gasteiger partial charge in [-0.3, -0.25) is 0 Å². The molecule has 0 aliphatic carbocycles. The first kappa shape index (κ1) is 15.3. The number of carbonyl (C=O) groups is 1. The molecular formula is C16H17N7O2. The van der Waals surface area contributed by atoms with E-state index in [2.05, 4.69) is 20.5 Å². The quantitative estimate of drug-likeness (QED) is 0.691. The third-order valence-corrected chi connectivity index (χ3v) is 4.03. The highest BCUT2D eigenvalue weighted by Crippen LogP contribution is 2.21. The van der Waals surface area contributed by atoms with Crippen molar-refractivity contribution in [3.05, 3.63) is 60.2 Å². The molecule has 3 heterocycles. The molecule has 1 aliphatic rings. The van der Waals surface area contributed by atoms with Gasteiger partial charge >= 0.3 is 6.09 Å². The lowest BCUT2D eigenvalue weighted by molar-refractivity contribution is 0.0492. The lowest BCUT2D eigenvalue weighted by Gasteiger charge is -2.37. The van der Waals surface area contributed by atoms with Gasteiger partial charge in [0, 0.05) is 13.1 Å². The standard InChI is InChI=1S/C16H17N7O2/c24-16(25-12-13-4-2-1-3-5-13)21-10-15(11-21)22-8-14(19-20-22)9-23-17-6-7-18-23/h1-8,15H,9-12H2. The van der Waals surface area contributed by atoms with Crippen LogP contribution in [0.25, 0.3) is 0 Å². The molecule has 2 aromatic heterocycles. The van der Waals surface area contributed by atoms with E-state index in [0.29, 0.717) is 19.6 Å². The number of rotatable bonds is 5. The Morgan fingerprint density at radius 3 is 2.68 bits per heavy atom. The fourth-order valence-corrected chi connectivity index (χ4v) is 2.62. The normalized spacial score (nSPS) is 14.3. The van der Waals surface area contributed by atoms with Crippen molar-refractivity contribution in [2.75, 3.05) is 13.1 Å². The molecule has 3 aromatic rings. The lowest BCUT2D eigenvalue weighted by atomic mass is 10.1. The van der Waals surface area contributed by atoms with Crippen LogP contribution in [-0.4, -0.2) is 54.1 Å². The van der Waals surface area contributed by atoms with Crippen LogP contribution >= 0.6 is 0 Å². The Morgan fingerprint density at radius 2 is 1.92 bits per heavy atom. The smallest absolute Gasteiger partial charge is 0.410 e. The van der Waals surface area contributed by atoms with Crippen LogP contribution in [-0.2, 0) is 17.9 Å². The van der Waals surface area contributed by atoms with E-state index in [1.807, 2.05) is 36.5 Å². The fraction of sp³-hybridized carbons (Fsp3) is 0.312. The van der Waals surface area contributed by atoms with Gasteiger partial charge in [-0.2, -0.15) is 15.0 Å². The third kappa shape index (κ3) is 3.49. The molecule has 0 spiro atoms. The first-order valence-electron chi connectivity index (χ1n) is 7.98. The van der Waals surface area contributed by atoms with Crippen LogP contribution in [0.3, 0.4) is 0 Å². The van der Waals surface area contributed by atoms with Crippen molar-refractivity contribution >= 4 is 6.09 Å². The summed E-state index contributed by atoms with van der Waals surface area (Å²) in [6.07, 6.45) is 4.80. The SMILES string of the molecule is O=C(OCc1ccccc1)N1CC(n2cc(Cn3nccn3)nn2)C1. The number of nitrogens with zero attached hydrogens (tertiary/aromatic N) is 7. The molecule has 0 saturated carbocycles. The molecule has 0 radical (unpaired) electrons. The van der Waals surface area contributed by atoms with Gasteiger partial charge in [0.1, 0.15) is 18.8 Å². The second-order valence-corrected chi connectivity index (χ2v) is 5.85. The van der Waals surface area contributed by atoms with Gasteiger partial charge in [0.15, 0.2) is 0 Å². The summed E-state index contributed by atoms with van der Waals surface area (Å²) >= 11 is 0. The van der Waals surface area contributed by atoms with Crippen LogP contribution in [0.1, 0.15) is 17.3 Å². The van der Waals surface area contributed by atoms with E-state index < -0.39 is 0 Å². The largest absolute Gasteiger partial charge is 0.445 e. The van der Waals surface area contributed by atoms with Gasteiger partial charge < -0.3 is 9.64 Å². The minimum atomic E-state index is -0.304. The maximum absolute atomic E-state index is 12.0. The average molecular weight is 339 g/mol. The van der Waals surface area contributed by atoms with Crippen LogP contribution in [0.15, 0.2) is 48.9 Å². The molecule has 4 rings (SSSR count). The highest BCUT2D eigenvalue weighted by Gasteiger charge is 2.33. The molecule has 1 aromatic carbocycles. The molecule has 9 nitrogen and oxygen atoms in total. The number of benzene rings is 1. The molecule has 128 valence electrons. The van der Waals surface area contributed by atoms with E-state index in [1.54, 1.807) is 26.8 Å². The number of aromatic nitrogens is 6. The Kier molecular flexibility index (Phi) is 4.11. The third-order valence-electron chi connectivity index (χ3n) is 4.03. The molecule has 0 unspecified atom stereocenters. The monoisotopic (exact) mass is 339 g/mol. The molecular weight excluding hydrogens is 322 g/mol. The summed E-state index contributed by atoms with van der Waals surface area (Å²) in [7, 11) is 0. The molecule has 1 aliphatic heterocycles. The molecule has 0 atom stereocenters. The van der Waals surface area contributed by atoms with Crippen LogP contribution in [0, 0.1) is 0 Å². The molecule has 0 bridgehead atoms. The van der Waals surface area contributed by atoms with Crippen molar-refractivity contribution in [3.8, 4) is 0 Å². The van der Waals surface area contributed by atoms with Crippen molar-refractivity contribution in [3.63, 3.8) is 0 Å². The summed E-state index contributed by atoms with van der Waals surface area (Å²) in [4.78, 5) is 15.2.